The zero-order valence-corrected chi connectivity index (χ0v) is 13.9. The maximum absolute atomic E-state index is 12.8. The topological polar surface area (TPSA) is 63.4 Å². The van der Waals surface area contributed by atoms with Gasteiger partial charge in [-0.15, -0.1) is 0 Å². The third-order valence-corrected chi connectivity index (χ3v) is 5.31. The quantitative estimate of drug-likeness (QED) is 0.877. The minimum atomic E-state index is -3.47. The average Bonchev–Trinajstić information content (AvgIpc) is 2.35. The van der Waals surface area contributed by atoms with Crippen molar-refractivity contribution < 1.29 is 8.42 Å². The van der Waals surface area contributed by atoms with E-state index in [1.54, 1.807) is 16.4 Å². The molecule has 0 aromatic heterocycles. The summed E-state index contributed by atoms with van der Waals surface area (Å²) in [6, 6.07) is 5.12. The maximum atomic E-state index is 12.8. The number of hydrogen-bond donors (Lipinski definition) is 1. The molecule has 0 amide bonds. The van der Waals surface area contributed by atoms with Crippen LogP contribution in [0.15, 0.2) is 23.1 Å². The van der Waals surface area contributed by atoms with Crippen molar-refractivity contribution in [1.29, 1.82) is 0 Å². The van der Waals surface area contributed by atoms with E-state index in [4.69, 9.17) is 5.73 Å². The van der Waals surface area contributed by atoms with Crippen molar-refractivity contribution in [1.82, 2.24) is 4.31 Å². The molecule has 1 rings (SSSR count). The Kier molecular flexibility index (Phi) is 5.74. The van der Waals surface area contributed by atoms with E-state index in [-0.39, 0.29) is 12.0 Å². The molecule has 0 fully saturated rings. The molecule has 4 nitrogen and oxygen atoms in total. The van der Waals surface area contributed by atoms with Crippen LogP contribution in [0.25, 0.3) is 0 Å². The summed E-state index contributed by atoms with van der Waals surface area (Å²) in [4.78, 5) is 0.331. The first-order valence-corrected chi connectivity index (χ1v) is 8.45. The van der Waals surface area contributed by atoms with E-state index in [0.717, 1.165) is 11.1 Å². The van der Waals surface area contributed by atoms with Gasteiger partial charge in [-0.05, 0) is 49.9 Å². The Balaban J connectivity index is 3.26. The third kappa shape index (κ3) is 3.81. The molecular weight excluding hydrogens is 272 g/mol. The molecule has 0 atom stereocenters. The number of benzene rings is 1. The van der Waals surface area contributed by atoms with E-state index >= 15 is 0 Å². The van der Waals surface area contributed by atoms with Crippen molar-refractivity contribution in [3.63, 3.8) is 0 Å². The van der Waals surface area contributed by atoms with Gasteiger partial charge >= 0.3 is 0 Å². The van der Waals surface area contributed by atoms with E-state index in [2.05, 4.69) is 0 Å². The molecule has 0 aliphatic carbocycles. The Labute approximate surface area is 123 Å². The fourth-order valence-corrected chi connectivity index (χ4v) is 3.96. The summed E-state index contributed by atoms with van der Waals surface area (Å²) in [5.74, 6) is 0.284. The molecule has 0 bridgehead atoms. The highest BCUT2D eigenvalue weighted by molar-refractivity contribution is 7.89. The molecule has 0 spiro atoms. The maximum Gasteiger partial charge on any atom is 0.243 e. The SMILES string of the molecule is Cc1ccc(S(=O)(=O)N(CC(C)C)C(C)C)cc1CN. The number of aryl methyl sites for hydroxylation is 1. The molecule has 2 N–H and O–H groups in total. The van der Waals surface area contributed by atoms with Crippen LogP contribution >= 0.6 is 0 Å². The van der Waals surface area contributed by atoms with E-state index in [1.165, 1.54) is 0 Å². The molecule has 20 heavy (non-hydrogen) atoms. The number of sulfonamides is 1. The Bertz CT molecular complexity index is 551. The number of nitrogens with two attached hydrogens (primary N) is 1. The van der Waals surface area contributed by atoms with Gasteiger partial charge in [0, 0.05) is 19.1 Å². The van der Waals surface area contributed by atoms with Crippen LogP contribution in [0.1, 0.15) is 38.8 Å². The van der Waals surface area contributed by atoms with Crippen LogP contribution < -0.4 is 5.73 Å². The summed E-state index contributed by atoms with van der Waals surface area (Å²) in [7, 11) is -3.47. The minimum Gasteiger partial charge on any atom is -0.326 e. The minimum absolute atomic E-state index is 0.0648. The van der Waals surface area contributed by atoms with E-state index in [9.17, 15) is 8.42 Å². The van der Waals surface area contributed by atoms with Crippen molar-refractivity contribution >= 4 is 10.0 Å². The second-order valence-corrected chi connectivity index (χ2v) is 7.75. The van der Waals surface area contributed by atoms with Gasteiger partial charge in [0.25, 0.3) is 0 Å². The number of hydrogen-bond acceptors (Lipinski definition) is 3. The zero-order valence-electron chi connectivity index (χ0n) is 13.1. The molecular formula is C15H26N2O2S. The highest BCUT2D eigenvalue weighted by Crippen LogP contribution is 2.22. The van der Waals surface area contributed by atoms with E-state index < -0.39 is 10.0 Å². The van der Waals surface area contributed by atoms with Gasteiger partial charge in [0.15, 0.2) is 0 Å². The van der Waals surface area contributed by atoms with Crippen LogP contribution in [0, 0.1) is 12.8 Å². The summed E-state index contributed by atoms with van der Waals surface area (Å²) in [6.45, 7) is 10.6. The standard InChI is InChI=1S/C15H26N2O2S/c1-11(2)10-17(12(3)4)20(18,19)15-7-6-13(5)14(8-15)9-16/h6-8,11-12H,9-10,16H2,1-5H3. The first-order chi connectivity index (χ1) is 9.20. The lowest BCUT2D eigenvalue weighted by atomic mass is 10.1. The zero-order chi connectivity index (χ0) is 15.5. The predicted molar refractivity (Wildman–Crippen MR) is 82.9 cm³/mol. The van der Waals surface area contributed by atoms with Crippen molar-refractivity contribution in [3.8, 4) is 0 Å². The molecule has 0 radical (unpaired) electrons. The monoisotopic (exact) mass is 298 g/mol. The van der Waals surface area contributed by atoms with Crippen molar-refractivity contribution in [2.75, 3.05) is 6.54 Å². The molecule has 0 saturated carbocycles. The summed E-state index contributed by atoms with van der Waals surface area (Å²) < 4.78 is 27.1. The van der Waals surface area contributed by atoms with Crippen LogP contribution in [0.2, 0.25) is 0 Å². The molecule has 0 saturated heterocycles. The lowest BCUT2D eigenvalue weighted by molar-refractivity contribution is 0.319. The lowest BCUT2D eigenvalue weighted by Crippen LogP contribution is -2.39. The fourth-order valence-electron chi connectivity index (χ4n) is 2.11. The van der Waals surface area contributed by atoms with Crippen LogP contribution in [0.3, 0.4) is 0 Å². The molecule has 0 aliphatic heterocycles. The molecule has 1 aromatic carbocycles. The summed E-state index contributed by atoms with van der Waals surface area (Å²) in [6.07, 6.45) is 0. The van der Waals surface area contributed by atoms with Gasteiger partial charge in [-0.25, -0.2) is 8.42 Å². The number of rotatable bonds is 6. The second-order valence-electron chi connectivity index (χ2n) is 5.85. The highest BCUT2D eigenvalue weighted by Gasteiger charge is 2.27. The molecule has 114 valence electrons. The van der Waals surface area contributed by atoms with Gasteiger partial charge in [0.05, 0.1) is 4.90 Å². The normalized spacial score (nSPS) is 12.7. The molecule has 5 heteroatoms. The summed E-state index contributed by atoms with van der Waals surface area (Å²) in [5, 5.41) is 0. The van der Waals surface area contributed by atoms with Crippen LogP contribution in [0.5, 0.6) is 0 Å². The lowest BCUT2D eigenvalue weighted by Gasteiger charge is -2.27. The van der Waals surface area contributed by atoms with Crippen LogP contribution in [-0.4, -0.2) is 25.3 Å². The van der Waals surface area contributed by atoms with Crippen molar-refractivity contribution in [3.05, 3.63) is 29.3 Å². The summed E-state index contributed by atoms with van der Waals surface area (Å²) >= 11 is 0. The smallest absolute Gasteiger partial charge is 0.243 e. The molecule has 0 heterocycles. The third-order valence-electron chi connectivity index (χ3n) is 3.27. The largest absolute Gasteiger partial charge is 0.326 e. The van der Waals surface area contributed by atoms with Gasteiger partial charge in [0.2, 0.25) is 10.0 Å². The molecule has 1 aromatic rings. The first kappa shape index (κ1) is 17.1. The average molecular weight is 298 g/mol. The van der Waals surface area contributed by atoms with Crippen molar-refractivity contribution in [2.45, 2.75) is 52.1 Å². The Hall–Kier alpha value is -0.910. The van der Waals surface area contributed by atoms with Gasteiger partial charge in [-0.2, -0.15) is 4.31 Å². The highest BCUT2D eigenvalue weighted by atomic mass is 32.2. The van der Waals surface area contributed by atoms with Gasteiger partial charge in [0.1, 0.15) is 0 Å². The summed E-state index contributed by atoms with van der Waals surface area (Å²) in [5.41, 5.74) is 7.57. The van der Waals surface area contributed by atoms with Crippen LogP contribution in [0.4, 0.5) is 0 Å². The second kappa shape index (κ2) is 6.70. The Morgan fingerprint density at radius 1 is 1.20 bits per heavy atom. The Morgan fingerprint density at radius 3 is 2.25 bits per heavy atom. The van der Waals surface area contributed by atoms with Gasteiger partial charge in [-0.1, -0.05) is 19.9 Å². The van der Waals surface area contributed by atoms with Crippen LogP contribution in [-0.2, 0) is 16.6 Å². The van der Waals surface area contributed by atoms with E-state index in [1.807, 2.05) is 40.7 Å². The van der Waals surface area contributed by atoms with Gasteiger partial charge < -0.3 is 5.73 Å². The molecule has 0 unspecified atom stereocenters. The first-order valence-electron chi connectivity index (χ1n) is 7.01. The predicted octanol–water partition coefficient (Wildman–Crippen LogP) is 2.51. The van der Waals surface area contributed by atoms with Crippen molar-refractivity contribution in [2.24, 2.45) is 11.7 Å². The number of nitrogens with zero attached hydrogens (tertiary/aromatic N) is 1. The Morgan fingerprint density at radius 2 is 1.80 bits per heavy atom. The van der Waals surface area contributed by atoms with E-state index in [0.29, 0.717) is 18.0 Å². The molecule has 0 aliphatic rings. The fraction of sp³-hybridized carbons (Fsp3) is 0.600. The van der Waals surface area contributed by atoms with Gasteiger partial charge in [-0.3, -0.25) is 0 Å².